The Kier molecular flexibility index (Phi) is 3.20. The number of nitrogens with zero attached hydrogens (tertiary/aromatic N) is 1. The SMILES string of the molecule is Cc1cccc(NS(=O)(=O)c2cncc(O)c2)c1. The van der Waals surface area contributed by atoms with Gasteiger partial charge in [-0.1, -0.05) is 12.1 Å². The van der Waals surface area contributed by atoms with Crippen molar-refractivity contribution in [2.24, 2.45) is 0 Å². The molecule has 0 aliphatic carbocycles. The summed E-state index contributed by atoms with van der Waals surface area (Å²) in [7, 11) is -3.73. The summed E-state index contributed by atoms with van der Waals surface area (Å²) >= 11 is 0. The van der Waals surface area contributed by atoms with Gasteiger partial charge in [-0.3, -0.25) is 9.71 Å². The Balaban J connectivity index is 2.33. The monoisotopic (exact) mass is 264 g/mol. The van der Waals surface area contributed by atoms with Crippen molar-refractivity contribution in [3.63, 3.8) is 0 Å². The van der Waals surface area contributed by atoms with Gasteiger partial charge in [-0.25, -0.2) is 8.42 Å². The van der Waals surface area contributed by atoms with E-state index in [2.05, 4.69) is 9.71 Å². The molecule has 0 atom stereocenters. The summed E-state index contributed by atoms with van der Waals surface area (Å²) in [6.45, 7) is 1.87. The van der Waals surface area contributed by atoms with Crippen LogP contribution in [0, 0.1) is 6.92 Å². The first kappa shape index (κ1) is 12.4. The second-order valence-electron chi connectivity index (χ2n) is 3.85. The summed E-state index contributed by atoms with van der Waals surface area (Å²) in [5, 5.41) is 9.23. The normalized spacial score (nSPS) is 11.2. The number of nitrogens with one attached hydrogen (secondary N) is 1. The highest BCUT2D eigenvalue weighted by Crippen LogP contribution is 2.18. The first-order valence-electron chi connectivity index (χ1n) is 5.21. The number of pyridine rings is 1. The lowest BCUT2D eigenvalue weighted by atomic mass is 10.2. The van der Waals surface area contributed by atoms with Gasteiger partial charge in [0.2, 0.25) is 0 Å². The van der Waals surface area contributed by atoms with Gasteiger partial charge < -0.3 is 5.11 Å². The molecule has 2 aromatic rings. The minimum Gasteiger partial charge on any atom is -0.506 e. The fourth-order valence-corrected chi connectivity index (χ4v) is 2.51. The topological polar surface area (TPSA) is 79.3 Å². The van der Waals surface area contributed by atoms with Crippen molar-refractivity contribution in [1.82, 2.24) is 4.98 Å². The number of aromatic hydroxyl groups is 1. The van der Waals surface area contributed by atoms with E-state index in [0.29, 0.717) is 5.69 Å². The Hall–Kier alpha value is -2.08. The number of rotatable bonds is 3. The van der Waals surface area contributed by atoms with E-state index < -0.39 is 10.0 Å². The van der Waals surface area contributed by atoms with Gasteiger partial charge in [0.25, 0.3) is 10.0 Å². The molecule has 0 saturated carbocycles. The molecule has 0 aliphatic rings. The van der Waals surface area contributed by atoms with Crippen LogP contribution in [0.15, 0.2) is 47.6 Å². The third kappa shape index (κ3) is 2.78. The lowest BCUT2D eigenvalue weighted by Crippen LogP contribution is -2.13. The van der Waals surface area contributed by atoms with Crippen molar-refractivity contribution < 1.29 is 13.5 Å². The summed E-state index contributed by atoms with van der Waals surface area (Å²) in [6.07, 6.45) is 2.35. The van der Waals surface area contributed by atoms with Crippen LogP contribution < -0.4 is 4.72 Å². The van der Waals surface area contributed by atoms with Gasteiger partial charge >= 0.3 is 0 Å². The molecule has 0 spiro atoms. The molecule has 0 radical (unpaired) electrons. The second-order valence-corrected chi connectivity index (χ2v) is 5.54. The molecule has 2 rings (SSSR count). The van der Waals surface area contributed by atoms with Crippen LogP contribution in [0.5, 0.6) is 5.75 Å². The van der Waals surface area contributed by atoms with Crippen molar-refractivity contribution in [2.75, 3.05) is 4.72 Å². The zero-order chi connectivity index (χ0) is 13.2. The molecule has 0 fully saturated rings. The molecule has 94 valence electrons. The molecular weight excluding hydrogens is 252 g/mol. The molecule has 6 heteroatoms. The van der Waals surface area contributed by atoms with E-state index in [0.717, 1.165) is 11.6 Å². The van der Waals surface area contributed by atoms with E-state index in [1.807, 2.05) is 13.0 Å². The van der Waals surface area contributed by atoms with E-state index in [9.17, 15) is 13.5 Å². The van der Waals surface area contributed by atoms with Crippen molar-refractivity contribution >= 4 is 15.7 Å². The molecule has 0 saturated heterocycles. The highest BCUT2D eigenvalue weighted by Gasteiger charge is 2.15. The van der Waals surface area contributed by atoms with Crippen molar-refractivity contribution in [2.45, 2.75) is 11.8 Å². The standard InChI is InChI=1S/C12H12N2O3S/c1-9-3-2-4-10(5-9)14-18(16,17)12-6-11(15)7-13-8-12/h2-8,14-15H,1H3. The summed E-state index contributed by atoms with van der Waals surface area (Å²) in [5.74, 6) is -0.192. The number of aryl methyl sites for hydroxylation is 1. The lowest BCUT2D eigenvalue weighted by molar-refractivity contribution is 0.470. The van der Waals surface area contributed by atoms with Crippen LogP contribution in [0.25, 0.3) is 0 Å². The van der Waals surface area contributed by atoms with E-state index in [1.54, 1.807) is 18.2 Å². The predicted octanol–water partition coefficient (Wildman–Crippen LogP) is 1.90. The Bertz CT molecular complexity index is 669. The molecule has 1 aromatic heterocycles. The molecule has 0 aliphatic heterocycles. The molecule has 18 heavy (non-hydrogen) atoms. The van der Waals surface area contributed by atoms with Gasteiger partial charge in [-0.15, -0.1) is 0 Å². The predicted molar refractivity (Wildman–Crippen MR) is 67.9 cm³/mol. The van der Waals surface area contributed by atoms with Crippen molar-refractivity contribution in [1.29, 1.82) is 0 Å². The van der Waals surface area contributed by atoms with Gasteiger partial charge in [0.05, 0.1) is 6.20 Å². The minimum absolute atomic E-state index is 0.0796. The number of benzene rings is 1. The molecule has 1 heterocycles. The number of aromatic nitrogens is 1. The minimum atomic E-state index is -3.73. The van der Waals surface area contributed by atoms with Crippen LogP contribution in [-0.2, 0) is 10.0 Å². The van der Waals surface area contributed by atoms with Crippen molar-refractivity contribution in [3.8, 4) is 5.75 Å². The highest BCUT2D eigenvalue weighted by molar-refractivity contribution is 7.92. The van der Waals surface area contributed by atoms with Crippen LogP contribution in [-0.4, -0.2) is 18.5 Å². The summed E-state index contributed by atoms with van der Waals surface area (Å²) < 4.78 is 26.4. The Morgan fingerprint density at radius 2 is 2.00 bits per heavy atom. The van der Waals surface area contributed by atoms with Crippen molar-refractivity contribution in [3.05, 3.63) is 48.3 Å². The van der Waals surface area contributed by atoms with E-state index in [1.165, 1.54) is 12.4 Å². The van der Waals surface area contributed by atoms with Crippen LogP contribution in [0.4, 0.5) is 5.69 Å². The third-order valence-corrected chi connectivity index (χ3v) is 3.63. The van der Waals surface area contributed by atoms with E-state index >= 15 is 0 Å². The molecule has 0 amide bonds. The lowest BCUT2D eigenvalue weighted by Gasteiger charge is -2.08. The maximum absolute atomic E-state index is 12.0. The average Bonchev–Trinajstić information content (AvgIpc) is 2.28. The van der Waals surface area contributed by atoms with Crippen LogP contribution in [0.1, 0.15) is 5.56 Å². The zero-order valence-electron chi connectivity index (χ0n) is 9.66. The summed E-state index contributed by atoms with van der Waals surface area (Å²) in [5.41, 5.74) is 1.42. The largest absolute Gasteiger partial charge is 0.506 e. The molecule has 0 bridgehead atoms. The number of sulfonamides is 1. The molecular formula is C12H12N2O3S. The molecule has 2 N–H and O–H groups in total. The third-order valence-electron chi connectivity index (χ3n) is 2.28. The fraction of sp³-hybridized carbons (Fsp3) is 0.0833. The first-order chi connectivity index (χ1) is 8.47. The Labute approximate surface area is 105 Å². The summed E-state index contributed by atoms with van der Waals surface area (Å²) in [4.78, 5) is 3.56. The Morgan fingerprint density at radius 3 is 2.67 bits per heavy atom. The maximum Gasteiger partial charge on any atom is 0.263 e. The smallest absolute Gasteiger partial charge is 0.263 e. The number of hydrogen-bond donors (Lipinski definition) is 2. The second kappa shape index (κ2) is 4.66. The first-order valence-corrected chi connectivity index (χ1v) is 6.69. The quantitative estimate of drug-likeness (QED) is 0.887. The van der Waals surface area contributed by atoms with Gasteiger partial charge in [0.15, 0.2) is 0 Å². The Morgan fingerprint density at radius 1 is 1.22 bits per heavy atom. The van der Waals surface area contributed by atoms with Gasteiger partial charge in [0.1, 0.15) is 10.6 Å². The van der Waals surface area contributed by atoms with Crippen LogP contribution in [0.2, 0.25) is 0 Å². The van der Waals surface area contributed by atoms with E-state index in [4.69, 9.17) is 0 Å². The fourth-order valence-electron chi connectivity index (χ4n) is 1.48. The molecule has 0 unspecified atom stereocenters. The van der Waals surface area contributed by atoms with Gasteiger partial charge in [-0.05, 0) is 24.6 Å². The van der Waals surface area contributed by atoms with Gasteiger partial charge in [0, 0.05) is 18.0 Å². The number of hydrogen-bond acceptors (Lipinski definition) is 4. The number of anilines is 1. The summed E-state index contributed by atoms with van der Waals surface area (Å²) in [6, 6.07) is 8.14. The average molecular weight is 264 g/mol. The highest BCUT2D eigenvalue weighted by atomic mass is 32.2. The molecule has 1 aromatic carbocycles. The maximum atomic E-state index is 12.0. The zero-order valence-corrected chi connectivity index (χ0v) is 10.5. The molecule has 5 nitrogen and oxygen atoms in total. The van der Waals surface area contributed by atoms with E-state index in [-0.39, 0.29) is 10.6 Å². The van der Waals surface area contributed by atoms with Crippen LogP contribution >= 0.6 is 0 Å². The van der Waals surface area contributed by atoms with Crippen LogP contribution in [0.3, 0.4) is 0 Å². The van der Waals surface area contributed by atoms with Gasteiger partial charge in [-0.2, -0.15) is 0 Å².